The largest absolute Gasteiger partial charge is 0.305 e. The normalized spacial score (nSPS) is 15.4. The van der Waals surface area contributed by atoms with Crippen LogP contribution in [0.3, 0.4) is 0 Å². The first-order valence-corrected chi connectivity index (χ1v) is 3.69. The van der Waals surface area contributed by atoms with Crippen LogP contribution in [-0.4, -0.2) is 22.7 Å². The van der Waals surface area contributed by atoms with E-state index in [-0.39, 0.29) is 24.2 Å². The summed E-state index contributed by atoms with van der Waals surface area (Å²) >= 11 is 1.25. The Labute approximate surface area is 74.2 Å². The molecule has 0 aromatic rings. The fourth-order valence-electron chi connectivity index (χ4n) is 0.523. The van der Waals surface area contributed by atoms with Crippen LogP contribution in [0.2, 0.25) is 0 Å². The fraction of sp³-hybridized carbons (Fsp3) is 0.400. The Morgan fingerprint density at radius 2 is 2.36 bits per heavy atom. The molecule has 1 N–H and O–H groups in total. The van der Waals surface area contributed by atoms with Crippen molar-refractivity contribution >= 4 is 41.2 Å². The van der Waals surface area contributed by atoms with Crippen LogP contribution >= 0.6 is 24.2 Å². The van der Waals surface area contributed by atoms with Gasteiger partial charge < -0.3 is 5.32 Å². The van der Waals surface area contributed by atoms with Gasteiger partial charge in [-0.1, -0.05) is 11.8 Å². The second-order valence-corrected chi connectivity index (χ2v) is 2.74. The lowest BCUT2D eigenvalue weighted by atomic mass is 10.7. The van der Waals surface area contributed by atoms with Crippen LogP contribution in [-0.2, 0) is 9.59 Å². The number of amides is 2. The zero-order chi connectivity index (χ0) is 7.56. The van der Waals surface area contributed by atoms with Gasteiger partial charge in [-0.3, -0.25) is 9.59 Å². The average molecular weight is 195 g/mol. The Kier molecular flexibility index (Phi) is 4.14. The van der Waals surface area contributed by atoms with Gasteiger partial charge in [0.1, 0.15) is 0 Å². The summed E-state index contributed by atoms with van der Waals surface area (Å²) in [6.45, 7) is 1.38. The molecule has 6 heteroatoms. The van der Waals surface area contributed by atoms with Crippen LogP contribution in [0.1, 0.15) is 6.92 Å². The summed E-state index contributed by atoms with van der Waals surface area (Å²) in [5.41, 5.74) is 0. The van der Waals surface area contributed by atoms with Gasteiger partial charge in [0.15, 0.2) is 5.17 Å². The molecule has 0 aliphatic carbocycles. The Balaban J connectivity index is 0.000001000. The van der Waals surface area contributed by atoms with Crippen molar-refractivity contribution in [3.05, 3.63) is 0 Å². The number of aliphatic imine (C=N–C) groups is 1. The predicted molar refractivity (Wildman–Crippen MR) is 46.0 cm³/mol. The standard InChI is InChI=1S/C5H6N2O2S.ClH/c1-3(8)6-5-7-4(9)2-10-5;/h2H2,1H3,(H,6,7,8,9);1H. The molecule has 2 amide bonds. The quantitative estimate of drug-likeness (QED) is 0.598. The highest BCUT2D eigenvalue weighted by atomic mass is 35.5. The second-order valence-electron chi connectivity index (χ2n) is 1.78. The van der Waals surface area contributed by atoms with Gasteiger partial charge in [-0.25, -0.2) is 0 Å². The molecule has 1 rings (SSSR count). The molecule has 0 saturated carbocycles. The molecule has 0 atom stereocenters. The second kappa shape index (κ2) is 4.35. The minimum atomic E-state index is -0.194. The smallest absolute Gasteiger partial charge is 0.258 e. The Bertz CT molecular complexity index is 217. The zero-order valence-corrected chi connectivity index (χ0v) is 7.42. The molecule has 0 spiro atoms. The highest BCUT2D eigenvalue weighted by molar-refractivity contribution is 8.14. The van der Waals surface area contributed by atoms with Crippen molar-refractivity contribution < 1.29 is 9.59 Å². The van der Waals surface area contributed by atoms with Crippen molar-refractivity contribution in [3.8, 4) is 0 Å². The number of nitrogens with one attached hydrogen (secondary N) is 1. The summed E-state index contributed by atoms with van der Waals surface area (Å²) in [7, 11) is 0. The molecule has 62 valence electrons. The molecular weight excluding hydrogens is 188 g/mol. The van der Waals surface area contributed by atoms with Crippen LogP contribution < -0.4 is 5.32 Å². The summed E-state index contributed by atoms with van der Waals surface area (Å²) in [6.07, 6.45) is 0. The van der Waals surface area contributed by atoms with Crippen LogP contribution in [0.5, 0.6) is 0 Å². The third kappa shape index (κ3) is 3.38. The van der Waals surface area contributed by atoms with Crippen molar-refractivity contribution in [2.45, 2.75) is 6.92 Å². The van der Waals surface area contributed by atoms with Crippen LogP contribution in [0, 0.1) is 0 Å². The summed E-state index contributed by atoms with van der Waals surface area (Å²) in [5, 5.41) is 2.84. The first kappa shape index (κ1) is 10.4. The number of halogens is 1. The Morgan fingerprint density at radius 1 is 1.73 bits per heavy atom. The third-order valence-corrected chi connectivity index (χ3v) is 1.70. The maximum atomic E-state index is 10.5. The molecule has 1 aliphatic rings. The van der Waals surface area contributed by atoms with Crippen LogP contribution in [0.15, 0.2) is 4.99 Å². The van der Waals surface area contributed by atoms with E-state index in [0.29, 0.717) is 10.9 Å². The fourth-order valence-corrected chi connectivity index (χ4v) is 1.23. The minimum Gasteiger partial charge on any atom is -0.305 e. The lowest BCUT2D eigenvalue weighted by Crippen LogP contribution is -2.24. The van der Waals surface area contributed by atoms with E-state index < -0.39 is 0 Å². The average Bonchev–Trinajstić information content (AvgIpc) is 2.13. The van der Waals surface area contributed by atoms with Crippen molar-refractivity contribution in [2.75, 3.05) is 5.75 Å². The molecule has 4 nitrogen and oxygen atoms in total. The number of rotatable bonds is 0. The zero-order valence-electron chi connectivity index (χ0n) is 5.79. The van der Waals surface area contributed by atoms with Crippen LogP contribution in [0.25, 0.3) is 0 Å². The monoisotopic (exact) mass is 194 g/mol. The minimum absolute atomic E-state index is 0. The van der Waals surface area contributed by atoms with Crippen LogP contribution in [0.4, 0.5) is 0 Å². The molecule has 0 bridgehead atoms. The summed E-state index contributed by atoms with van der Waals surface area (Å²) in [6, 6.07) is 0. The molecule has 0 unspecified atom stereocenters. The first-order chi connectivity index (χ1) is 4.68. The summed E-state index contributed by atoms with van der Waals surface area (Å²) in [4.78, 5) is 24.4. The van der Waals surface area contributed by atoms with Gasteiger partial charge in [0, 0.05) is 6.92 Å². The number of hydrogen-bond donors (Lipinski definition) is 1. The Hall–Kier alpha value is -0.550. The van der Waals surface area contributed by atoms with E-state index in [1.165, 1.54) is 18.7 Å². The topological polar surface area (TPSA) is 58.5 Å². The maximum Gasteiger partial charge on any atom is 0.258 e. The third-order valence-electron chi connectivity index (χ3n) is 0.842. The molecule has 1 aliphatic heterocycles. The van der Waals surface area contributed by atoms with E-state index >= 15 is 0 Å². The van der Waals surface area contributed by atoms with Crippen molar-refractivity contribution in [2.24, 2.45) is 4.99 Å². The van der Waals surface area contributed by atoms with E-state index in [1.807, 2.05) is 0 Å². The number of amidine groups is 1. The van der Waals surface area contributed by atoms with E-state index in [2.05, 4.69) is 10.3 Å². The van der Waals surface area contributed by atoms with E-state index in [1.54, 1.807) is 0 Å². The summed E-state index contributed by atoms with van der Waals surface area (Å²) < 4.78 is 0. The molecule has 0 radical (unpaired) electrons. The number of carbonyl (C=O) groups is 2. The lowest BCUT2D eigenvalue weighted by molar-refractivity contribution is -0.117. The molecular formula is C5H7ClN2O2S. The van der Waals surface area contributed by atoms with E-state index in [4.69, 9.17) is 0 Å². The van der Waals surface area contributed by atoms with Gasteiger partial charge in [0.05, 0.1) is 5.75 Å². The highest BCUT2D eigenvalue weighted by Crippen LogP contribution is 2.09. The van der Waals surface area contributed by atoms with Crippen molar-refractivity contribution in [1.82, 2.24) is 5.32 Å². The first-order valence-electron chi connectivity index (χ1n) is 2.70. The molecule has 0 fully saturated rings. The SMILES string of the molecule is CC(=O)NC1=NC(=O)CS1.Cl. The Morgan fingerprint density at radius 3 is 2.73 bits per heavy atom. The highest BCUT2D eigenvalue weighted by Gasteiger charge is 2.14. The molecule has 11 heavy (non-hydrogen) atoms. The van der Waals surface area contributed by atoms with Gasteiger partial charge >= 0.3 is 0 Å². The van der Waals surface area contributed by atoms with Crippen molar-refractivity contribution in [3.63, 3.8) is 0 Å². The molecule has 0 aromatic heterocycles. The van der Waals surface area contributed by atoms with Gasteiger partial charge in [0.2, 0.25) is 5.91 Å². The number of hydrogen-bond acceptors (Lipinski definition) is 3. The lowest BCUT2D eigenvalue weighted by Gasteiger charge is -1.95. The van der Waals surface area contributed by atoms with E-state index in [9.17, 15) is 9.59 Å². The molecule has 0 aromatic carbocycles. The van der Waals surface area contributed by atoms with Gasteiger partial charge in [-0.15, -0.1) is 12.4 Å². The maximum absolute atomic E-state index is 10.5. The molecule has 1 heterocycles. The molecule has 0 saturated heterocycles. The van der Waals surface area contributed by atoms with Gasteiger partial charge in [0.25, 0.3) is 5.91 Å². The van der Waals surface area contributed by atoms with E-state index in [0.717, 1.165) is 0 Å². The number of carbonyl (C=O) groups excluding carboxylic acids is 2. The summed E-state index contributed by atoms with van der Waals surface area (Å²) in [5.74, 6) is -0.0370. The number of thioether (sulfide) groups is 1. The van der Waals surface area contributed by atoms with Gasteiger partial charge in [-0.05, 0) is 0 Å². The van der Waals surface area contributed by atoms with Crippen molar-refractivity contribution in [1.29, 1.82) is 0 Å². The predicted octanol–water partition coefficient (Wildman–Crippen LogP) is 0.174. The number of nitrogens with zero attached hydrogens (tertiary/aromatic N) is 1. The van der Waals surface area contributed by atoms with Gasteiger partial charge in [-0.2, -0.15) is 4.99 Å².